The number of anilines is 1. The third kappa shape index (κ3) is 3.59. The lowest BCUT2D eigenvalue weighted by Gasteiger charge is -2.36. The third-order valence-electron chi connectivity index (χ3n) is 6.06. The average Bonchev–Trinajstić information content (AvgIpc) is 3.45. The normalized spacial score (nSPS) is 22.6. The van der Waals surface area contributed by atoms with Gasteiger partial charge in [-0.2, -0.15) is 0 Å². The molecule has 1 saturated carbocycles. The van der Waals surface area contributed by atoms with Crippen molar-refractivity contribution < 1.29 is 23.9 Å². The molecule has 0 radical (unpaired) electrons. The predicted octanol–water partition coefficient (Wildman–Crippen LogP) is 2.75. The van der Waals surface area contributed by atoms with Gasteiger partial charge in [0, 0.05) is 31.9 Å². The van der Waals surface area contributed by atoms with Gasteiger partial charge < -0.3 is 19.3 Å². The first-order chi connectivity index (χ1) is 14.1. The Morgan fingerprint density at radius 3 is 2.30 bits per heavy atom. The highest BCUT2D eigenvalue weighted by Crippen LogP contribution is 2.49. The van der Waals surface area contributed by atoms with Gasteiger partial charge in [-0.15, -0.1) is 0 Å². The number of piperazine rings is 1. The fraction of sp³-hybridized carbons (Fsp3) is 0.591. The molecule has 3 amide bonds. The van der Waals surface area contributed by atoms with Crippen LogP contribution >= 0.6 is 0 Å². The minimum absolute atomic E-state index is 0.0503. The summed E-state index contributed by atoms with van der Waals surface area (Å²) in [6.45, 7) is 7.46. The molecule has 3 aliphatic rings. The number of rotatable bonds is 3. The summed E-state index contributed by atoms with van der Waals surface area (Å²) < 4.78 is 10.4. The summed E-state index contributed by atoms with van der Waals surface area (Å²) in [7, 11) is 1.41. The number of carbonyl (C=O) groups is 3. The van der Waals surface area contributed by atoms with E-state index in [0.29, 0.717) is 26.2 Å². The van der Waals surface area contributed by atoms with Gasteiger partial charge in [0.1, 0.15) is 5.60 Å². The van der Waals surface area contributed by atoms with Crippen molar-refractivity contribution in [2.75, 3.05) is 38.2 Å². The lowest BCUT2D eigenvalue weighted by atomic mass is 9.96. The molecule has 1 atom stereocenters. The first kappa shape index (κ1) is 20.5. The lowest BCUT2D eigenvalue weighted by Crippen LogP contribution is -2.54. The zero-order valence-corrected chi connectivity index (χ0v) is 18.0. The van der Waals surface area contributed by atoms with Crippen LogP contribution < -0.4 is 4.90 Å². The maximum atomic E-state index is 12.9. The number of esters is 1. The van der Waals surface area contributed by atoms with Gasteiger partial charge in [0.2, 0.25) is 0 Å². The molecule has 8 heteroatoms. The summed E-state index contributed by atoms with van der Waals surface area (Å²) >= 11 is 0. The van der Waals surface area contributed by atoms with Gasteiger partial charge in [-0.1, -0.05) is 12.1 Å². The van der Waals surface area contributed by atoms with E-state index in [4.69, 9.17) is 9.47 Å². The maximum absolute atomic E-state index is 12.9. The highest BCUT2D eigenvalue weighted by Gasteiger charge is 2.52. The number of hydrogen-bond donors (Lipinski definition) is 0. The Hall–Kier alpha value is -2.77. The van der Waals surface area contributed by atoms with Crippen molar-refractivity contribution in [2.45, 2.75) is 50.7 Å². The first-order valence-corrected chi connectivity index (χ1v) is 10.4. The number of benzene rings is 1. The zero-order chi connectivity index (χ0) is 21.7. The molecule has 4 rings (SSSR count). The predicted molar refractivity (Wildman–Crippen MR) is 110 cm³/mol. The van der Waals surface area contributed by atoms with Gasteiger partial charge in [-0.25, -0.2) is 9.59 Å². The van der Waals surface area contributed by atoms with Gasteiger partial charge in [-0.05, 0) is 51.3 Å². The molecular weight excluding hydrogens is 386 g/mol. The standard InChI is InChI=1S/C22H29N3O5/c1-21(2,3)30-20(28)23-11-12-24-17(13-23)14-25(19(24)27)16-7-5-15(6-8-16)22(9-10-22)18(26)29-4/h5-8,17H,9-14H2,1-4H3/t17-/m0/s1. The maximum Gasteiger partial charge on any atom is 0.410 e. The monoisotopic (exact) mass is 415 g/mol. The van der Waals surface area contributed by atoms with Crippen LogP contribution in [0.4, 0.5) is 15.3 Å². The Labute approximate surface area is 176 Å². The molecule has 1 aromatic carbocycles. The second-order valence-electron chi connectivity index (χ2n) is 9.29. The number of amides is 3. The molecule has 2 aliphatic heterocycles. The van der Waals surface area contributed by atoms with Gasteiger partial charge in [0.15, 0.2) is 0 Å². The van der Waals surface area contributed by atoms with Gasteiger partial charge >= 0.3 is 18.1 Å². The molecule has 0 N–H and O–H groups in total. The topological polar surface area (TPSA) is 79.4 Å². The molecule has 30 heavy (non-hydrogen) atoms. The van der Waals surface area contributed by atoms with E-state index in [9.17, 15) is 14.4 Å². The Balaban J connectivity index is 1.44. The lowest BCUT2D eigenvalue weighted by molar-refractivity contribution is -0.143. The highest BCUT2D eigenvalue weighted by atomic mass is 16.6. The highest BCUT2D eigenvalue weighted by molar-refractivity contribution is 5.95. The molecule has 162 valence electrons. The molecular formula is C22H29N3O5. The van der Waals surface area contributed by atoms with Crippen LogP contribution in [0.25, 0.3) is 0 Å². The Morgan fingerprint density at radius 1 is 1.07 bits per heavy atom. The summed E-state index contributed by atoms with van der Waals surface area (Å²) in [5.74, 6) is -0.202. The summed E-state index contributed by atoms with van der Waals surface area (Å²) in [6, 6.07) is 7.49. The van der Waals surface area contributed by atoms with Crippen LogP contribution in [0.5, 0.6) is 0 Å². The fourth-order valence-electron chi connectivity index (χ4n) is 4.31. The fourth-order valence-corrected chi connectivity index (χ4v) is 4.31. The molecule has 1 aliphatic carbocycles. The van der Waals surface area contributed by atoms with Crippen LogP contribution in [0.1, 0.15) is 39.2 Å². The molecule has 2 saturated heterocycles. The SMILES string of the molecule is COC(=O)C1(c2ccc(N3C[C@@H]4CN(C(=O)OC(C)(C)C)CCN4C3=O)cc2)CC1. The van der Waals surface area contributed by atoms with Crippen LogP contribution in [-0.2, 0) is 19.7 Å². The minimum atomic E-state index is -0.545. The van der Waals surface area contributed by atoms with Crippen molar-refractivity contribution in [3.05, 3.63) is 29.8 Å². The Kier molecular flexibility index (Phi) is 4.91. The van der Waals surface area contributed by atoms with Gasteiger partial charge in [0.05, 0.1) is 18.6 Å². The van der Waals surface area contributed by atoms with Crippen molar-refractivity contribution in [1.82, 2.24) is 9.80 Å². The number of ether oxygens (including phenoxy) is 2. The summed E-state index contributed by atoms with van der Waals surface area (Å²) in [6.07, 6.45) is 1.24. The minimum Gasteiger partial charge on any atom is -0.468 e. The van der Waals surface area contributed by atoms with Gasteiger partial charge in [0.25, 0.3) is 0 Å². The first-order valence-electron chi connectivity index (χ1n) is 10.4. The number of urea groups is 1. The second kappa shape index (κ2) is 7.18. The van der Waals surface area contributed by atoms with Crippen LogP contribution in [0.3, 0.4) is 0 Å². The second-order valence-corrected chi connectivity index (χ2v) is 9.29. The average molecular weight is 415 g/mol. The Morgan fingerprint density at radius 2 is 1.73 bits per heavy atom. The van der Waals surface area contributed by atoms with E-state index in [1.807, 2.05) is 49.9 Å². The van der Waals surface area contributed by atoms with E-state index in [1.165, 1.54) is 7.11 Å². The molecule has 1 aromatic rings. The quantitative estimate of drug-likeness (QED) is 0.710. The van der Waals surface area contributed by atoms with Crippen molar-refractivity contribution in [3.63, 3.8) is 0 Å². The zero-order valence-electron chi connectivity index (χ0n) is 18.0. The largest absolute Gasteiger partial charge is 0.468 e. The van der Waals surface area contributed by atoms with Crippen molar-refractivity contribution in [2.24, 2.45) is 0 Å². The van der Waals surface area contributed by atoms with E-state index in [2.05, 4.69) is 0 Å². The van der Waals surface area contributed by atoms with Crippen molar-refractivity contribution in [3.8, 4) is 0 Å². The smallest absolute Gasteiger partial charge is 0.410 e. The molecule has 0 spiro atoms. The molecule has 8 nitrogen and oxygen atoms in total. The summed E-state index contributed by atoms with van der Waals surface area (Å²) in [4.78, 5) is 42.7. The van der Waals surface area contributed by atoms with Crippen molar-refractivity contribution in [1.29, 1.82) is 0 Å². The van der Waals surface area contributed by atoms with E-state index < -0.39 is 11.0 Å². The number of fused-ring (bicyclic) bond motifs is 1. The van der Waals surface area contributed by atoms with E-state index >= 15 is 0 Å². The molecule has 0 aromatic heterocycles. The van der Waals surface area contributed by atoms with Crippen LogP contribution in [0.15, 0.2) is 24.3 Å². The van der Waals surface area contributed by atoms with Crippen LogP contribution in [0.2, 0.25) is 0 Å². The van der Waals surface area contributed by atoms with E-state index in [-0.39, 0.29) is 24.1 Å². The molecule has 0 unspecified atom stereocenters. The van der Waals surface area contributed by atoms with E-state index in [0.717, 1.165) is 24.1 Å². The number of methoxy groups -OCH3 is 1. The molecule has 2 heterocycles. The summed E-state index contributed by atoms with van der Waals surface area (Å²) in [5, 5.41) is 0. The molecule has 0 bridgehead atoms. The Bertz CT molecular complexity index is 857. The van der Waals surface area contributed by atoms with Crippen molar-refractivity contribution >= 4 is 23.8 Å². The summed E-state index contributed by atoms with van der Waals surface area (Å²) in [5.41, 5.74) is 0.658. The number of nitrogens with zero attached hydrogens (tertiary/aromatic N) is 3. The van der Waals surface area contributed by atoms with Gasteiger partial charge in [-0.3, -0.25) is 9.69 Å². The third-order valence-corrected chi connectivity index (χ3v) is 6.06. The molecule has 3 fully saturated rings. The number of carbonyl (C=O) groups excluding carboxylic acids is 3. The number of hydrogen-bond acceptors (Lipinski definition) is 5. The van der Waals surface area contributed by atoms with E-state index in [1.54, 1.807) is 9.80 Å². The van der Waals surface area contributed by atoms with Crippen LogP contribution in [-0.4, -0.2) is 72.8 Å². The van der Waals surface area contributed by atoms with Crippen LogP contribution in [0, 0.1) is 0 Å².